The van der Waals surface area contributed by atoms with E-state index in [9.17, 15) is 9.59 Å². The van der Waals surface area contributed by atoms with Crippen molar-refractivity contribution in [1.29, 1.82) is 0 Å². The van der Waals surface area contributed by atoms with Crippen LogP contribution in [-0.4, -0.2) is 24.6 Å². The molecule has 2 aliphatic rings. The van der Waals surface area contributed by atoms with Crippen molar-refractivity contribution in [3.05, 3.63) is 11.6 Å². The Morgan fingerprint density at radius 1 is 1.50 bits per heavy atom. The summed E-state index contributed by atoms with van der Waals surface area (Å²) in [4.78, 5) is 23.6. The lowest BCUT2D eigenvalue weighted by molar-refractivity contribution is -0.166. The van der Waals surface area contributed by atoms with E-state index in [0.717, 1.165) is 12.8 Å². The third kappa shape index (κ3) is 2.57. The summed E-state index contributed by atoms with van der Waals surface area (Å²) in [5.41, 5.74) is 0.896. The molecular weight excluding hydrogens is 232 g/mol. The molecule has 0 radical (unpaired) electrons. The van der Waals surface area contributed by atoms with E-state index in [-0.39, 0.29) is 11.9 Å². The zero-order chi connectivity index (χ0) is 13.3. The van der Waals surface area contributed by atoms with Crippen LogP contribution >= 0.6 is 0 Å². The SMILES string of the molecule is CC1=CC[C@H](C(=O)OC2C(=O)OCC2(C)C)CC1. The van der Waals surface area contributed by atoms with Crippen LogP contribution in [0.1, 0.15) is 40.0 Å². The van der Waals surface area contributed by atoms with Gasteiger partial charge in [0.2, 0.25) is 6.10 Å². The first kappa shape index (κ1) is 13.1. The molecule has 1 fully saturated rings. The van der Waals surface area contributed by atoms with E-state index in [2.05, 4.69) is 13.0 Å². The van der Waals surface area contributed by atoms with Crippen molar-refractivity contribution in [2.45, 2.75) is 46.1 Å². The number of esters is 2. The maximum atomic E-state index is 12.0. The fraction of sp³-hybridized carbons (Fsp3) is 0.714. The first-order chi connectivity index (χ1) is 8.40. The van der Waals surface area contributed by atoms with Crippen molar-refractivity contribution in [1.82, 2.24) is 0 Å². The molecule has 100 valence electrons. The van der Waals surface area contributed by atoms with Crippen molar-refractivity contribution >= 4 is 11.9 Å². The highest BCUT2D eigenvalue weighted by Gasteiger charge is 2.47. The average molecular weight is 252 g/mol. The fourth-order valence-electron chi connectivity index (χ4n) is 2.33. The second-order valence-electron chi connectivity index (χ2n) is 5.93. The molecule has 0 spiro atoms. The fourth-order valence-corrected chi connectivity index (χ4v) is 2.33. The molecule has 0 N–H and O–H groups in total. The molecule has 0 aromatic heterocycles. The Kier molecular flexibility index (Phi) is 3.46. The molecule has 1 unspecified atom stereocenters. The van der Waals surface area contributed by atoms with Crippen LogP contribution in [0.3, 0.4) is 0 Å². The molecule has 18 heavy (non-hydrogen) atoms. The second-order valence-corrected chi connectivity index (χ2v) is 5.93. The average Bonchev–Trinajstić information content (AvgIpc) is 2.57. The van der Waals surface area contributed by atoms with Crippen molar-refractivity contribution in [2.24, 2.45) is 11.3 Å². The monoisotopic (exact) mass is 252 g/mol. The van der Waals surface area contributed by atoms with Crippen molar-refractivity contribution in [3.63, 3.8) is 0 Å². The summed E-state index contributed by atoms with van der Waals surface area (Å²) in [5, 5.41) is 0. The van der Waals surface area contributed by atoms with E-state index >= 15 is 0 Å². The Morgan fingerprint density at radius 2 is 2.22 bits per heavy atom. The molecule has 0 aromatic carbocycles. The van der Waals surface area contributed by atoms with Crippen LogP contribution in [0, 0.1) is 11.3 Å². The van der Waals surface area contributed by atoms with Crippen LogP contribution in [0.5, 0.6) is 0 Å². The van der Waals surface area contributed by atoms with Crippen LogP contribution in [-0.2, 0) is 19.1 Å². The maximum Gasteiger partial charge on any atom is 0.348 e. The minimum Gasteiger partial charge on any atom is -0.462 e. The van der Waals surface area contributed by atoms with Gasteiger partial charge in [-0.2, -0.15) is 0 Å². The van der Waals surface area contributed by atoms with Gasteiger partial charge in [-0.1, -0.05) is 25.5 Å². The molecule has 2 atom stereocenters. The van der Waals surface area contributed by atoms with E-state index < -0.39 is 17.5 Å². The summed E-state index contributed by atoms with van der Waals surface area (Å²) >= 11 is 0. The molecule has 0 aromatic rings. The molecule has 4 nitrogen and oxygen atoms in total. The molecule has 1 aliphatic carbocycles. The predicted molar refractivity (Wildman–Crippen MR) is 65.7 cm³/mol. The smallest absolute Gasteiger partial charge is 0.348 e. The number of cyclic esters (lactones) is 1. The molecule has 2 rings (SSSR count). The van der Waals surface area contributed by atoms with E-state index in [4.69, 9.17) is 9.47 Å². The number of allylic oxidation sites excluding steroid dienone is 2. The molecule has 1 saturated heterocycles. The van der Waals surface area contributed by atoms with Gasteiger partial charge in [0.25, 0.3) is 0 Å². The third-order valence-corrected chi connectivity index (χ3v) is 3.72. The number of carbonyl (C=O) groups excluding carboxylic acids is 2. The summed E-state index contributed by atoms with van der Waals surface area (Å²) < 4.78 is 10.3. The van der Waals surface area contributed by atoms with E-state index in [1.54, 1.807) is 0 Å². The number of carbonyl (C=O) groups is 2. The Labute approximate surface area is 107 Å². The summed E-state index contributed by atoms with van der Waals surface area (Å²) in [6, 6.07) is 0. The van der Waals surface area contributed by atoms with Crippen LogP contribution in [0.15, 0.2) is 11.6 Å². The number of ether oxygens (including phenoxy) is 2. The Morgan fingerprint density at radius 3 is 2.72 bits per heavy atom. The van der Waals surface area contributed by atoms with Gasteiger partial charge in [-0.25, -0.2) is 4.79 Å². The Balaban J connectivity index is 1.97. The topological polar surface area (TPSA) is 52.6 Å². The molecule has 0 amide bonds. The van der Waals surface area contributed by atoms with Crippen molar-refractivity contribution in [2.75, 3.05) is 6.61 Å². The van der Waals surface area contributed by atoms with Gasteiger partial charge in [-0.3, -0.25) is 4.79 Å². The first-order valence-electron chi connectivity index (χ1n) is 6.43. The molecular formula is C14H20O4. The Bertz CT molecular complexity index is 395. The largest absolute Gasteiger partial charge is 0.462 e. The minimum absolute atomic E-state index is 0.113. The molecule has 0 bridgehead atoms. The maximum absolute atomic E-state index is 12.0. The van der Waals surface area contributed by atoms with Gasteiger partial charge in [-0.15, -0.1) is 0 Å². The van der Waals surface area contributed by atoms with Gasteiger partial charge in [0, 0.05) is 5.41 Å². The second kappa shape index (κ2) is 4.75. The summed E-state index contributed by atoms with van der Waals surface area (Å²) in [6.07, 6.45) is 3.78. The standard InChI is InChI=1S/C14H20O4/c1-9-4-6-10(7-5-9)12(15)18-11-13(16)17-8-14(11,2)3/h4,10-11H,5-8H2,1-3H3/t10-,11?/m0/s1. The lowest BCUT2D eigenvalue weighted by atomic mass is 9.88. The van der Waals surface area contributed by atoms with Crippen LogP contribution < -0.4 is 0 Å². The molecule has 4 heteroatoms. The van der Waals surface area contributed by atoms with Gasteiger partial charge in [-0.05, 0) is 26.2 Å². The lowest BCUT2D eigenvalue weighted by Crippen LogP contribution is -2.37. The molecule has 1 aliphatic heterocycles. The van der Waals surface area contributed by atoms with Crippen LogP contribution in [0.25, 0.3) is 0 Å². The van der Waals surface area contributed by atoms with Gasteiger partial charge in [0.05, 0.1) is 5.92 Å². The summed E-state index contributed by atoms with van der Waals surface area (Å²) in [7, 11) is 0. The van der Waals surface area contributed by atoms with E-state index in [1.807, 2.05) is 13.8 Å². The normalized spacial score (nSPS) is 30.6. The number of hydrogen-bond acceptors (Lipinski definition) is 4. The highest BCUT2D eigenvalue weighted by atomic mass is 16.6. The number of rotatable bonds is 2. The summed E-state index contributed by atoms with van der Waals surface area (Å²) in [6.45, 7) is 6.13. The Hall–Kier alpha value is -1.32. The van der Waals surface area contributed by atoms with Crippen molar-refractivity contribution in [3.8, 4) is 0 Å². The van der Waals surface area contributed by atoms with E-state index in [0.29, 0.717) is 13.0 Å². The van der Waals surface area contributed by atoms with Crippen LogP contribution in [0.4, 0.5) is 0 Å². The van der Waals surface area contributed by atoms with Gasteiger partial charge >= 0.3 is 11.9 Å². The van der Waals surface area contributed by atoms with E-state index in [1.165, 1.54) is 5.57 Å². The number of hydrogen-bond donors (Lipinski definition) is 0. The van der Waals surface area contributed by atoms with Gasteiger partial charge in [0.15, 0.2) is 0 Å². The first-order valence-corrected chi connectivity index (χ1v) is 6.43. The third-order valence-electron chi connectivity index (χ3n) is 3.72. The quantitative estimate of drug-likeness (QED) is 0.558. The minimum atomic E-state index is -0.753. The van der Waals surface area contributed by atoms with Gasteiger partial charge in [0.1, 0.15) is 6.61 Å². The van der Waals surface area contributed by atoms with Crippen molar-refractivity contribution < 1.29 is 19.1 Å². The lowest BCUT2D eigenvalue weighted by Gasteiger charge is -2.25. The molecule has 0 saturated carbocycles. The zero-order valence-electron chi connectivity index (χ0n) is 11.2. The highest BCUT2D eigenvalue weighted by Crippen LogP contribution is 2.33. The predicted octanol–water partition coefficient (Wildman–Crippen LogP) is 2.23. The summed E-state index contributed by atoms with van der Waals surface area (Å²) in [5.74, 6) is -0.801. The highest BCUT2D eigenvalue weighted by molar-refractivity contribution is 5.82. The van der Waals surface area contributed by atoms with Crippen LogP contribution in [0.2, 0.25) is 0 Å². The zero-order valence-corrected chi connectivity index (χ0v) is 11.2. The van der Waals surface area contributed by atoms with Gasteiger partial charge < -0.3 is 9.47 Å². The molecule has 1 heterocycles.